The van der Waals surface area contributed by atoms with E-state index in [1.807, 2.05) is 37.3 Å². The Labute approximate surface area is 130 Å². The molecule has 0 atom stereocenters. The van der Waals surface area contributed by atoms with Gasteiger partial charge in [0.15, 0.2) is 0 Å². The second-order valence-corrected chi connectivity index (χ2v) is 6.84. The predicted molar refractivity (Wildman–Crippen MR) is 86.6 cm³/mol. The van der Waals surface area contributed by atoms with Gasteiger partial charge in [-0.1, -0.05) is 48.0 Å². The number of amides is 1. The van der Waals surface area contributed by atoms with Gasteiger partial charge in [-0.05, 0) is 30.7 Å². The molecule has 22 heavy (non-hydrogen) atoms. The average molecular weight is 315 g/mol. The highest BCUT2D eigenvalue weighted by molar-refractivity contribution is 7.89. The lowest BCUT2D eigenvalue weighted by atomic mass is 10.2. The summed E-state index contributed by atoms with van der Waals surface area (Å²) in [4.78, 5) is 12.2. The summed E-state index contributed by atoms with van der Waals surface area (Å²) in [5, 5.41) is 0. The van der Waals surface area contributed by atoms with Gasteiger partial charge in [-0.25, -0.2) is 12.7 Å². The second kappa shape index (κ2) is 6.58. The van der Waals surface area contributed by atoms with Crippen molar-refractivity contribution in [1.82, 2.24) is 4.31 Å². The number of carbonyl (C=O) groups excluding carboxylic acids is 1. The Morgan fingerprint density at radius 1 is 1.00 bits per heavy atom. The highest BCUT2D eigenvalue weighted by Gasteiger charge is 2.23. The highest BCUT2D eigenvalue weighted by Crippen LogP contribution is 2.15. The number of aryl methyl sites for hydroxylation is 1. The molecule has 2 rings (SSSR count). The first-order valence-electron chi connectivity index (χ1n) is 6.74. The molecule has 0 saturated carbocycles. The molecule has 0 spiro atoms. The summed E-state index contributed by atoms with van der Waals surface area (Å²) in [5.74, 6) is -0.593. The maximum atomic E-state index is 12.4. The lowest BCUT2D eigenvalue weighted by molar-refractivity contribution is -0.120. The fraction of sp³-hybridized carbons (Fsp3) is 0.118. The number of sulfonamides is 1. The van der Waals surface area contributed by atoms with E-state index >= 15 is 0 Å². The maximum Gasteiger partial charge on any atom is 0.266 e. The molecular formula is C17H17NO3S. The fourth-order valence-corrected chi connectivity index (χ4v) is 2.92. The highest BCUT2D eigenvalue weighted by atomic mass is 32.2. The van der Waals surface area contributed by atoms with Crippen LogP contribution in [0.3, 0.4) is 0 Å². The maximum absolute atomic E-state index is 12.4. The lowest BCUT2D eigenvalue weighted by Crippen LogP contribution is -2.31. The number of hydrogen-bond acceptors (Lipinski definition) is 3. The minimum absolute atomic E-state index is 0.0991. The zero-order valence-corrected chi connectivity index (χ0v) is 13.2. The van der Waals surface area contributed by atoms with E-state index in [4.69, 9.17) is 0 Å². The molecule has 0 radical (unpaired) electrons. The third-order valence-corrected chi connectivity index (χ3v) is 4.98. The summed E-state index contributed by atoms with van der Waals surface area (Å²) in [7, 11) is -2.57. The van der Waals surface area contributed by atoms with Gasteiger partial charge in [0.25, 0.3) is 15.9 Å². The van der Waals surface area contributed by atoms with Crippen LogP contribution in [0.25, 0.3) is 6.08 Å². The third-order valence-electron chi connectivity index (χ3n) is 3.21. The normalized spacial score (nSPS) is 11.5. The summed E-state index contributed by atoms with van der Waals surface area (Å²) < 4.78 is 25.5. The van der Waals surface area contributed by atoms with Crippen molar-refractivity contribution in [1.29, 1.82) is 0 Å². The van der Waals surface area contributed by atoms with Crippen molar-refractivity contribution in [2.24, 2.45) is 0 Å². The Kier molecular flexibility index (Phi) is 4.78. The van der Waals surface area contributed by atoms with Gasteiger partial charge >= 0.3 is 0 Å². The molecule has 0 aromatic heterocycles. The molecule has 0 fully saturated rings. The predicted octanol–water partition coefficient (Wildman–Crippen LogP) is 2.86. The molecule has 0 aliphatic heterocycles. The number of hydrogen-bond donors (Lipinski definition) is 0. The molecule has 0 unspecified atom stereocenters. The minimum atomic E-state index is -3.83. The molecule has 0 aliphatic rings. The molecule has 0 aliphatic carbocycles. The molecule has 2 aromatic rings. The Bertz CT molecular complexity index is 778. The molecule has 0 saturated heterocycles. The number of benzene rings is 2. The van der Waals surface area contributed by atoms with Crippen molar-refractivity contribution in [3.8, 4) is 0 Å². The summed E-state index contributed by atoms with van der Waals surface area (Å²) in [6.45, 7) is 1.87. The first-order chi connectivity index (χ1) is 10.4. The topological polar surface area (TPSA) is 54.5 Å². The van der Waals surface area contributed by atoms with Crippen LogP contribution in [0.2, 0.25) is 0 Å². The molecule has 114 valence electrons. The first-order valence-corrected chi connectivity index (χ1v) is 8.18. The number of rotatable bonds is 4. The van der Waals surface area contributed by atoms with Crippen LogP contribution in [0, 0.1) is 6.92 Å². The Morgan fingerprint density at radius 2 is 1.59 bits per heavy atom. The van der Waals surface area contributed by atoms with Crippen LogP contribution >= 0.6 is 0 Å². The van der Waals surface area contributed by atoms with Gasteiger partial charge < -0.3 is 0 Å². The quantitative estimate of drug-likeness (QED) is 0.815. The molecule has 0 N–H and O–H groups in total. The minimum Gasteiger partial charge on any atom is -0.269 e. The van der Waals surface area contributed by atoms with E-state index in [9.17, 15) is 13.2 Å². The lowest BCUT2D eigenvalue weighted by Gasteiger charge is -2.15. The number of likely N-dealkylation sites (N-methyl/N-ethyl adjacent to an activating group) is 1. The number of nitrogens with zero attached hydrogens (tertiary/aromatic N) is 1. The molecule has 4 nitrogen and oxygen atoms in total. The van der Waals surface area contributed by atoms with Crippen molar-refractivity contribution in [2.75, 3.05) is 7.05 Å². The van der Waals surface area contributed by atoms with E-state index in [1.54, 1.807) is 18.2 Å². The monoisotopic (exact) mass is 315 g/mol. The summed E-state index contributed by atoms with van der Waals surface area (Å²) in [5.41, 5.74) is 1.79. The standard InChI is InChI=1S/C17H17NO3S/c1-14-8-11-16(12-9-14)22(20,21)18(2)17(19)13-10-15-6-4-3-5-7-15/h3-13H,1-2H3/b13-10+. The molecule has 0 heterocycles. The van der Waals surface area contributed by atoms with Gasteiger partial charge in [-0.2, -0.15) is 0 Å². The smallest absolute Gasteiger partial charge is 0.266 e. The van der Waals surface area contributed by atoms with Gasteiger partial charge in [0, 0.05) is 13.1 Å². The van der Waals surface area contributed by atoms with Gasteiger partial charge in [-0.15, -0.1) is 0 Å². The Balaban J connectivity index is 2.19. The first kappa shape index (κ1) is 16.0. The van der Waals surface area contributed by atoms with Crippen LogP contribution in [0.5, 0.6) is 0 Å². The molecule has 2 aromatic carbocycles. The van der Waals surface area contributed by atoms with Crippen LogP contribution in [-0.2, 0) is 14.8 Å². The summed E-state index contributed by atoms with van der Waals surface area (Å²) >= 11 is 0. The average Bonchev–Trinajstić information content (AvgIpc) is 2.53. The van der Waals surface area contributed by atoms with Gasteiger partial charge in [0.2, 0.25) is 0 Å². The van der Waals surface area contributed by atoms with Crippen molar-refractivity contribution >= 4 is 22.0 Å². The van der Waals surface area contributed by atoms with Gasteiger partial charge in [0.05, 0.1) is 4.90 Å². The number of carbonyl (C=O) groups is 1. The zero-order valence-electron chi connectivity index (χ0n) is 12.4. The van der Waals surface area contributed by atoms with E-state index in [0.717, 1.165) is 15.4 Å². The van der Waals surface area contributed by atoms with Crippen LogP contribution in [0.1, 0.15) is 11.1 Å². The van der Waals surface area contributed by atoms with Crippen LogP contribution in [-0.4, -0.2) is 25.7 Å². The molecular weight excluding hydrogens is 298 g/mol. The summed E-state index contributed by atoms with van der Waals surface area (Å²) in [6.07, 6.45) is 2.84. The van der Waals surface area contributed by atoms with E-state index < -0.39 is 15.9 Å². The van der Waals surface area contributed by atoms with E-state index in [1.165, 1.54) is 25.3 Å². The largest absolute Gasteiger partial charge is 0.269 e. The molecule has 5 heteroatoms. The SMILES string of the molecule is Cc1ccc(S(=O)(=O)N(C)C(=O)/C=C/c2ccccc2)cc1. The fourth-order valence-electron chi connectivity index (χ4n) is 1.82. The zero-order chi connectivity index (χ0) is 16.2. The van der Waals surface area contributed by atoms with Crippen molar-refractivity contribution in [3.05, 3.63) is 71.8 Å². The van der Waals surface area contributed by atoms with Crippen LogP contribution in [0.4, 0.5) is 0 Å². The van der Waals surface area contributed by atoms with Gasteiger partial charge in [0.1, 0.15) is 0 Å². The van der Waals surface area contributed by atoms with E-state index in [0.29, 0.717) is 0 Å². The van der Waals surface area contributed by atoms with Crippen molar-refractivity contribution < 1.29 is 13.2 Å². The van der Waals surface area contributed by atoms with E-state index in [2.05, 4.69) is 0 Å². The van der Waals surface area contributed by atoms with Crippen molar-refractivity contribution in [3.63, 3.8) is 0 Å². The van der Waals surface area contributed by atoms with Crippen molar-refractivity contribution in [2.45, 2.75) is 11.8 Å². The van der Waals surface area contributed by atoms with E-state index in [-0.39, 0.29) is 4.90 Å². The third kappa shape index (κ3) is 3.62. The van der Waals surface area contributed by atoms with Crippen LogP contribution < -0.4 is 0 Å². The molecule has 0 bridgehead atoms. The Morgan fingerprint density at radius 3 is 2.18 bits per heavy atom. The van der Waals surface area contributed by atoms with Gasteiger partial charge in [-0.3, -0.25) is 4.79 Å². The Hall–Kier alpha value is -2.40. The van der Waals surface area contributed by atoms with Crippen LogP contribution in [0.15, 0.2) is 65.6 Å². The second-order valence-electron chi connectivity index (χ2n) is 4.87. The summed E-state index contributed by atoms with van der Waals surface area (Å²) in [6, 6.07) is 15.6. The molecule has 1 amide bonds.